The minimum Gasteiger partial charge on any atom is -0.507 e. The number of benzene rings is 2. The van der Waals surface area contributed by atoms with Gasteiger partial charge in [-0.1, -0.05) is 45.0 Å². The highest BCUT2D eigenvalue weighted by atomic mass is 16.3. The predicted octanol–water partition coefficient (Wildman–Crippen LogP) is 3.53. The van der Waals surface area contributed by atoms with Crippen molar-refractivity contribution in [1.82, 2.24) is 0 Å². The molecule has 0 radical (unpaired) electrons. The van der Waals surface area contributed by atoms with Gasteiger partial charge in [-0.25, -0.2) is 0 Å². The second kappa shape index (κ2) is 4.33. The van der Waals surface area contributed by atoms with Crippen molar-refractivity contribution in [1.29, 1.82) is 0 Å². The predicted molar refractivity (Wildman–Crippen MR) is 73.7 cm³/mol. The molecule has 0 aliphatic heterocycles. The minimum atomic E-state index is -0.445. The van der Waals surface area contributed by atoms with Gasteiger partial charge in [0.05, 0.1) is 0 Å². The Hall–Kier alpha value is -2.03. The quantitative estimate of drug-likeness (QED) is 0.753. The van der Waals surface area contributed by atoms with Gasteiger partial charge in [0.25, 0.3) is 0 Å². The second-order valence-electron chi connectivity index (χ2n) is 5.38. The first kappa shape index (κ1) is 12.4. The highest BCUT2D eigenvalue weighted by molar-refractivity contribution is 6.05. The Morgan fingerprint density at radius 3 is 2.28 bits per heavy atom. The zero-order valence-corrected chi connectivity index (χ0v) is 10.8. The number of rotatable bonds is 1. The molecule has 0 bridgehead atoms. The molecular formula is C15H17NO2. The van der Waals surface area contributed by atoms with E-state index in [2.05, 4.69) is 5.32 Å². The van der Waals surface area contributed by atoms with Crippen LogP contribution in [0.25, 0.3) is 10.8 Å². The van der Waals surface area contributed by atoms with E-state index in [0.29, 0.717) is 0 Å². The maximum absolute atomic E-state index is 12.0. The minimum absolute atomic E-state index is 0.0432. The van der Waals surface area contributed by atoms with E-state index in [1.54, 1.807) is 12.1 Å². The number of fused-ring (bicyclic) bond motifs is 1. The number of nitrogens with one attached hydrogen (secondary N) is 1. The van der Waals surface area contributed by atoms with E-state index in [1.165, 1.54) is 0 Å². The largest absolute Gasteiger partial charge is 0.507 e. The lowest BCUT2D eigenvalue weighted by Crippen LogP contribution is -2.27. The van der Waals surface area contributed by atoms with Crippen molar-refractivity contribution >= 4 is 22.4 Å². The summed E-state index contributed by atoms with van der Waals surface area (Å²) in [6.45, 7) is 5.60. The average Bonchev–Trinajstić information content (AvgIpc) is 2.32. The molecule has 0 saturated carbocycles. The normalized spacial score (nSPS) is 11.5. The number of anilines is 1. The Morgan fingerprint density at radius 2 is 1.67 bits per heavy atom. The fraction of sp³-hybridized carbons (Fsp3) is 0.267. The van der Waals surface area contributed by atoms with Crippen molar-refractivity contribution in [3.63, 3.8) is 0 Å². The van der Waals surface area contributed by atoms with Crippen LogP contribution in [0.3, 0.4) is 0 Å². The van der Waals surface area contributed by atoms with E-state index in [1.807, 2.05) is 45.0 Å². The highest BCUT2D eigenvalue weighted by Crippen LogP contribution is 2.31. The van der Waals surface area contributed by atoms with Gasteiger partial charge in [-0.15, -0.1) is 0 Å². The van der Waals surface area contributed by atoms with Crippen molar-refractivity contribution in [3.8, 4) is 5.75 Å². The zero-order valence-electron chi connectivity index (χ0n) is 10.8. The molecule has 2 N–H and O–H groups in total. The van der Waals surface area contributed by atoms with Crippen LogP contribution in [0.1, 0.15) is 20.8 Å². The Kier molecular flexibility index (Phi) is 2.99. The molecule has 94 valence electrons. The molecule has 1 amide bonds. The molecular weight excluding hydrogens is 226 g/mol. The number of carbonyl (C=O) groups excluding carboxylic acids is 1. The standard InChI is InChI=1S/C15H17NO2/c1-15(2,3)14(18)16-12-8-9-13(17)11-7-5-4-6-10(11)12/h4-9,17H,1-3H3,(H,16,18). The van der Waals surface area contributed by atoms with Crippen molar-refractivity contribution < 1.29 is 9.90 Å². The third-order valence-electron chi connectivity index (χ3n) is 2.83. The summed E-state index contributed by atoms with van der Waals surface area (Å²) in [7, 11) is 0. The molecule has 0 aromatic heterocycles. The molecule has 0 saturated heterocycles. The molecule has 3 heteroatoms. The molecule has 3 nitrogen and oxygen atoms in total. The molecule has 0 spiro atoms. The molecule has 18 heavy (non-hydrogen) atoms. The monoisotopic (exact) mass is 243 g/mol. The number of hydrogen-bond donors (Lipinski definition) is 2. The first-order valence-corrected chi connectivity index (χ1v) is 5.92. The van der Waals surface area contributed by atoms with Gasteiger partial charge in [-0.3, -0.25) is 4.79 Å². The van der Waals surface area contributed by atoms with E-state index in [0.717, 1.165) is 16.5 Å². The van der Waals surface area contributed by atoms with Crippen molar-refractivity contribution in [3.05, 3.63) is 36.4 Å². The molecule has 0 aliphatic rings. The zero-order chi connectivity index (χ0) is 13.3. The van der Waals surface area contributed by atoms with E-state index >= 15 is 0 Å². The van der Waals surface area contributed by atoms with Crippen molar-refractivity contribution in [2.75, 3.05) is 5.32 Å². The topological polar surface area (TPSA) is 49.3 Å². The van der Waals surface area contributed by atoms with Gasteiger partial charge in [0.2, 0.25) is 5.91 Å². The summed E-state index contributed by atoms with van der Waals surface area (Å²) in [6, 6.07) is 10.8. The van der Waals surface area contributed by atoms with Gasteiger partial charge in [0, 0.05) is 21.9 Å². The van der Waals surface area contributed by atoms with Gasteiger partial charge in [0.1, 0.15) is 5.75 Å². The third kappa shape index (κ3) is 2.30. The Balaban J connectivity index is 2.47. The van der Waals surface area contributed by atoms with Crippen LogP contribution in [0.2, 0.25) is 0 Å². The van der Waals surface area contributed by atoms with E-state index in [4.69, 9.17) is 0 Å². The summed E-state index contributed by atoms with van der Waals surface area (Å²) in [6.07, 6.45) is 0. The van der Waals surface area contributed by atoms with Crippen LogP contribution in [0, 0.1) is 5.41 Å². The smallest absolute Gasteiger partial charge is 0.229 e. The molecule has 0 atom stereocenters. The maximum Gasteiger partial charge on any atom is 0.229 e. The third-order valence-corrected chi connectivity index (χ3v) is 2.83. The number of aromatic hydroxyl groups is 1. The lowest BCUT2D eigenvalue weighted by Gasteiger charge is -2.18. The van der Waals surface area contributed by atoms with E-state index in [-0.39, 0.29) is 11.7 Å². The van der Waals surface area contributed by atoms with Crippen molar-refractivity contribution in [2.45, 2.75) is 20.8 Å². The SMILES string of the molecule is CC(C)(C)C(=O)Nc1ccc(O)c2ccccc12. The Bertz CT molecular complexity index is 597. The van der Waals surface area contributed by atoms with Gasteiger partial charge in [0.15, 0.2) is 0 Å². The molecule has 2 aromatic carbocycles. The number of phenolic OH excluding ortho intramolecular Hbond substituents is 1. The average molecular weight is 243 g/mol. The summed E-state index contributed by atoms with van der Waals surface area (Å²) in [5, 5.41) is 14.3. The summed E-state index contributed by atoms with van der Waals surface area (Å²) in [5.74, 6) is 0.178. The van der Waals surface area contributed by atoms with Crippen LogP contribution in [-0.4, -0.2) is 11.0 Å². The molecule has 0 fully saturated rings. The van der Waals surface area contributed by atoms with Gasteiger partial charge < -0.3 is 10.4 Å². The summed E-state index contributed by atoms with van der Waals surface area (Å²) >= 11 is 0. The second-order valence-corrected chi connectivity index (χ2v) is 5.38. The lowest BCUT2D eigenvalue weighted by atomic mass is 9.95. The van der Waals surface area contributed by atoms with Crippen LogP contribution in [0.5, 0.6) is 5.75 Å². The van der Waals surface area contributed by atoms with Crippen LogP contribution in [0.4, 0.5) is 5.69 Å². The molecule has 0 unspecified atom stereocenters. The molecule has 0 heterocycles. The molecule has 0 aliphatic carbocycles. The van der Waals surface area contributed by atoms with Crippen LogP contribution >= 0.6 is 0 Å². The van der Waals surface area contributed by atoms with Crippen LogP contribution < -0.4 is 5.32 Å². The first-order chi connectivity index (χ1) is 8.39. The van der Waals surface area contributed by atoms with Gasteiger partial charge >= 0.3 is 0 Å². The molecule has 2 aromatic rings. The Labute approximate surface area is 106 Å². The van der Waals surface area contributed by atoms with E-state index in [9.17, 15) is 9.90 Å². The summed E-state index contributed by atoms with van der Waals surface area (Å²) < 4.78 is 0. The lowest BCUT2D eigenvalue weighted by molar-refractivity contribution is -0.123. The van der Waals surface area contributed by atoms with Crippen LogP contribution in [0.15, 0.2) is 36.4 Å². The number of hydrogen-bond acceptors (Lipinski definition) is 2. The number of phenols is 1. The fourth-order valence-electron chi connectivity index (χ4n) is 1.70. The van der Waals surface area contributed by atoms with Crippen LogP contribution in [-0.2, 0) is 4.79 Å². The van der Waals surface area contributed by atoms with E-state index < -0.39 is 5.41 Å². The number of amides is 1. The Morgan fingerprint density at radius 1 is 1.06 bits per heavy atom. The van der Waals surface area contributed by atoms with Crippen molar-refractivity contribution in [2.24, 2.45) is 5.41 Å². The fourth-order valence-corrected chi connectivity index (χ4v) is 1.70. The maximum atomic E-state index is 12.0. The van der Waals surface area contributed by atoms with Gasteiger partial charge in [-0.05, 0) is 12.1 Å². The molecule has 2 rings (SSSR count). The summed E-state index contributed by atoms with van der Waals surface area (Å²) in [5.41, 5.74) is 0.280. The highest BCUT2D eigenvalue weighted by Gasteiger charge is 2.21. The summed E-state index contributed by atoms with van der Waals surface area (Å²) in [4.78, 5) is 12.0. The number of carbonyl (C=O) groups is 1. The first-order valence-electron chi connectivity index (χ1n) is 5.92. The van der Waals surface area contributed by atoms with Gasteiger partial charge in [-0.2, -0.15) is 0 Å².